The standard InChI is InChI=1S/C13H19FN2O/c1-16-7-3-4-10(9-16)15-13-8-11(17-2)5-6-12(13)14/h5-6,8,10,15H,3-4,7,9H2,1-2H3. The average Bonchev–Trinajstić information content (AvgIpc) is 2.32. The van der Waals surface area contributed by atoms with Gasteiger partial charge in [0.15, 0.2) is 0 Å². The van der Waals surface area contributed by atoms with Crippen LogP contribution in [-0.2, 0) is 0 Å². The quantitative estimate of drug-likeness (QED) is 0.874. The van der Waals surface area contributed by atoms with Gasteiger partial charge in [-0.3, -0.25) is 0 Å². The molecule has 4 heteroatoms. The fraction of sp³-hybridized carbons (Fsp3) is 0.538. The lowest BCUT2D eigenvalue weighted by Gasteiger charge is -2.31. The number of nitrogens with one attached hydrogen (secondary N) is 1. The van der Waals surface area contributed by atoms with Gasteiger partial charge in [0, 0.05) is 18.7 Å². The van der Waals surface area contributed by atoms with Crippen LogP contribution >= 0.6 is 0 Å². The molecule has 0 aromatic heterocycles. The molecule has 1 N–H and O–H groups in total. The van der Waals surface area contributed by atoms with Crippen molar-refractivity contribution in [2.45, 2.75) is 18.9 Å². The largest absolute Gasteiger partial charge is 0.497 e. The number of benzene rings is 1. The summed E-state index contributed by atoms with van der Waals surface area (Å²) in [7, 11) is 3.68. The van der Waals surface area contributed by atoms with Crippen LogP contribution < -0.4 is 10.1 Å². The van der Waals surface area contributed by atoms with Crippen LogP contribution in [0.1, 0.15) is 12.8 Å². The topological polar surface area (TPSA) is 24.5 Å². The lowest BCUT2D eigenvalue weighted by molar-refractivity contribution is 0.260. The highest BCUT2D eigenvalue weighted by Crippen LogP contribution is 2.23. The normalized spacial score (nSPS) is 21.2. The van der Waals surface area contributed by atoms with Crippen LogP contribution in [0.2, 0.25) is 0 Å². The molecule has 1 saturated heterocycles. The third-order valence-corrected chi connectivity index (χ3v) is 3.16. The lowest BCUT2D eigenvalue weighted by atomic mass is 10.1. The van der Waals surface area contributed by atoms with Crippen LogP contribution in [0.4, 0.5) is 10.1 Å². The van der Waals surface area contributed by atoms with Crippen molar-refractivity contribution in [2.24, 2.45) is 0 Å². The number of hydrogen-bond acceptors (Lipinski definition) is 3. The van der Waals surface area contributed by atoms with Crippen LogP contribution in [-0.4, -0.2) is 38.2 Å². The Hall–Kier alpha value is -1.29. The number of anilines is 1. The number of likely N-dealkylation sites (tertiary alicyclic amines) is 1. The summed E-state index contributed by atoms with van der Waals surface area (Å²) in [4.78, 5) is 2.26. The molecule has 1 aromatic carbocycles. The van der Waals surface area contributed by atoms with Crippen molar-refractivity contribution in [3.05, 3.63) is 24.0 Å². The second kappa shape index (κ2) is 5.36. The van der Waals surface area contributed by atoms with E-state index in [0.29, 0.717) is 17.5 Å². The minimum atomic E-state index is -0.223. The van der Waals surface area contributed by atoms with Gasteiger partial charge in [-0.2, -0.15) is 0 Å². The van der Waals surface area contributed by atoms with E-state index < -0.39 is 0 Å². The van der Waals surface area contributed by atoms with Gasteiger partial charge in [0.1, 0.15) is 11.6 Å². The molecule has 0 spiro atoms. The Kier molecular flexibility index (Phi) is 3.84. The Bertz CT molecular complexity index is 384. The number of piperidine rings is 1. The molecule has 1 unspecified atom stereocenters. The van der Waals surface area contributed by atoms with Gasteiger partial charge in [-0.1, -0.05) is 0 Å². The van der Waals surface area contributed by atoms with Gasteiger partial charge in [-0.25, -0.2) is 4.39 Å². The summed E-state index contributed by atoms with van der Waals surface area (Å²) < 4.78 is 18.7. The van der Waals surface area contributed by atoms with E-state index >= 15 is 0 Å². The molecule has 1 aliphatic heterocycles. The van der Waals surface area contributed by atoms with Crippen molar-refractivity contribution in [2.75, 3.05) is 32.6 Å². The highest BCUT2D eigenvalue weighted by Gasteiger charge is 2.18. The van der Waals surface area contributed by atoms with Crippen LogP contribution in [0.5, 0.6) is 5.75 Å². The number of rotatable bonds is 3. The Morgan fingerprint density at radius 2 is 2.29 bits per heavy atom. The Balaban J connectivity index is 2.06. The minimum absolute atomic E-state index is 0.223. The summed E-state index contributed by atoms with van der Waals surface area (Å²) in [5.74, 6) is 0.456. The summed E-state index contributed by atoms with van der Waals surface area (Å²) in [6.45, 7) is 2.08. The van der Waals surface area contributed by atoms with Crippen molar-refractivity contribution in [3.63, 3.8) is 0 Å². The van der Waals surface area contributed by atoms with Gasteiger partial charge < -0.3 is 15.0 Å². The molecule has 94 valence electrons. The molecule has 2 rings (SSSR count). The first-order valence-corrected chi connectivity index (χ1v) is 5.97. The van der Waals surface area contributed by atoms with Crippen LogP contribution in [0.25, 0.3) is 0 Å². The maximum Gasteiger partial charge on any atom is 0.146 e. The van der Waals surface area contributed by atoms with E-state index in [1.54, 1.807) is 19.2 Å². The van der Waals surface area contributed by atoms with E-state index in [9.17, 15) is 4.39 Å². The summed E-state index contributed by atoms with van der Waals surface area (Å²) in [5, 5.41) is 3.26. The SMILES string of the molecule is COc1ccc(F)c(NC2CCCN(C)C2)c1. The zero-order valence-electron chi connectivity index (χ0n) is 10.4. The number of nitrogens with zero attached hydrogens (tertiary/aromatic N) is 1. The van der Waals surface area contributed by atoms with Gasteiger partial charge in [0.2, 0.25) is 0 Å². The molecule has 1 aromatic rings. The summed E-state index contributed by atoms with van der Waals surface area (Å²) in [5.41, 5.74) is 0.532. The summed E-state index contributed by atoms with van der Waals surface area (Å²) in [6.07, 6.45) is 2.24. The van der Waals surface area contributed by atoms with Crippen molar-refractivity contribution in [1.82, 2.24) is 4.90 Å². The molecule has 1 atom stereocenters. The van der Waals surface area contributed by atoms with Crippen molar-refractivity contribution < 1.29 is 9.13 Å². The maximum absolute atomic E-state index is 13.6. The molecular formula is C13H19FN2O. The average molecular weight is 238 g/mol. The number of hydrogen-bond donors (Lipinski definition) is 1. The first-order chi connectivity index (χ1) is 8.19. The van der Waals surface area contributed by atoms with Gasteiger partial charge >= 0.3 is 0 Å². The highest BCUT2D eigenvalue weighted by molar-refractivity contribution is 5.50. The third kappa shape index (κ3) is 3.09. The molecule has 1 aliphatic rings. The Morgan fingerprint density at radius 3 is 3.00 bits per heavy atom. The van der Waals surface area contributed by atoms with Gasteiger partial charge in [0.25, 0.3) is 0 Å². The molecule has 0 amide bonds. The first-order valence-electron chi connectivity index (χ1n) is 5.97. The molecule has 1 heterocycles. The van der Waals surface area contributed by atoms with E-state index in [0.717, 1.165) is 25.9 Å². The van der Waals surface area contributed by atoms with E-state index in [1.165, 1.54) is 6.07 Å². The smallest absolute Gasteiger partial charge is 0.146 e. The zero-order valence-corrected chi connectivity index (χ0v) is 10.4. The minimum Gasteiger partial charge on any atom is -0.497 e. The fourth-order valence-corrected chi connectivity index (χ4v) is 2.25. The van der Waals surface area contributed by atoms with Crippen molar-refractivity contribution in [3.8, 4) is 5.75 Å². The molecule has 17 heavy (non-hydrogen) atoms. The van der Waals surface area contributed by atoms with Gasteiger partial charge in [-0.05, 0) is 38.6 Å². The molecule has 3 nitrogen and oxygen atoms in total. The fourth-order valence-electron chi connectivity index (χ4n) is 2.25. The van der Waals surface area contributed by atoms with Crippen LogP contribution in [0, 0.1) is 5.82 Å². The molecule has 1 fully saturated rings. The number of likely N-dealkylation sites (N-methyl/N-ethyl adjacent to an activating group) is 1. The molecular weight excluding hydrogens is 219 g/mol. The van der Waals surface area contributed by atoms with E-state index in [2.05, 4.69) is 17.3 Å². The number of halogens is 1. The van der Waals surface area contributed by atoms with Crippen molar-refractivity contribution in [1.29, 1.82) is 0 Å². The second-order valence-electron chi connectivity index (χ2n) is 4.59. The zero-order chi connectivity index (χ0) is 12.3. The Labute approximate surface area is 102 Å². The molecule has 0 saturated carbocycles. The predicted octanol–water partition coefficient (Wildman–Crippen LogP) is 2.34. The van der Waals surface area contributed by atoms with E-state index in [1.807, 2.05) is 0 Å². The van der Waals surface area contributed by atoms with Crippen LogP contribution in [0.3, 0.4) is 0 Å². The van der Waals surface area contributed by atoms with E-state index in [4.69, 9.17) is 4.74 Å². The second-order valence-corrected chi connectivity index (χ2v) is 4.59. The molecule has 0 bridgehead atoms. The van der Waals surface area contributed by atoms with Crippen LogP contribution in [0.15, 0.2) is 18.2 Å². The highest BCUT2D eigenvalue weighted by atomic mass is 19.1. The Morgan fingerprint density at radius 1 is 1.47 bits per heavy atom. The maximum atomic E-state index is 13.6. The monoisotopic (exact) mass is 238 g/mol. The number of ether oxygens (including phenoxy) is 1. The number of methoxy groups -OCH3 is 1. The van der Waals surface area contributed by atoms with E-state index in [-0.39, 0.29) is 5.82 Å². The lowest BCUT2D eigenvalue weighted by Crippen LogP contribution is -2.39. The molecule has 0 aliphatic carbocycles. The van der Waals surface area contributed by atoms with Gasteiger partial charge in [0.05, 0.1) is 12.8 Å². The molecule has 0 radical (unpaired) electrons. The predicted molar refractivity (Wildman–Crippen MR) is 67.1 cm³/mol. The van der Waals surface area contributed by atoms with Crippen molar-refractivity contribution >= 4 is 5.69 Å². The van der Waals surface area contributed by atoms with Gasteiger partial charge in [-0.15, -0.1) is 0 Å². The summed E-state index contributed by atoms with van der Waals surface area (Å²) in [6, 6.07) is 5.10. The summed E-state index contributed by atoms with van der Waals surface area (Å²) >= 11 is 0. The third-order valence-electron chi connectivity index (χ3n) is 3.16. The first kappa shape index (κ1) is 12.2.